The van der Waals surface area contributed by atoms with Gasteiger partial charge in [0.15, 0.2) is 0 Å². The normalized spacial score (nSPS) is 11.0. The lowest BCUT2D eigenvalue weighted by Gasteiger charge is -2.12. The highest BCUT2D eigenvalue weighted by atomic mass is 35.5. The standard InChI is InChI=1S/C20H16Cl2N2O4S/c1-28-16-7-5-13(6-8-16)20(25)23-19-12-17(9-10-18(19)22)29(26,27)24-15-4-2-3-14(21)11-15/h2-12,24H,1H3,(H,23,25). The molecule has 9 heteroatoms. The van der Waals surface area contributed by atoms with Crippen molar-refractivity contribution in [3.63, 3.8) is 0 Å². The molecule has 0 aliphatic heterocycles. The molecule has 0 heterocycles. The molecule has 1 amide bonds. The molecular weight excluding hydrogens is 435 g/mol. The first-order valence-electron chi connectivity index (χ1n) is 8.32. The van der Waals surface area contributed by atoms with Crippen molar-refractivity contribution in [2.75, 3.05) is 17.1 Å². The lowest BCUT2D eigenvalue weighted by molar-refractivity contribution is 0.102. The van der Waals surface area contributed by atoms with Crippen LogP contribution in [-0.4, -0.2) is 21.4 Å². The van der Waals surface area contributed by atoms with Gasteiger partial charge in [0.05, 0.1) is 28.4 Å². The molecule has 150 valence electrons. The minimum absolute atomic E-state index is 0.0630. The van der Waals surface area contributed by atoms with Crippen LogP contribution in [0.15, 0.2) is 71.6 Å². The number of carbonyl (C=O) groups excluding carboxylic acids is 1. The molecule has 3 rings (SSSR count). The molecule has 0 aromatic heterocycles. The minimum atomic E-state index is -3.91. The Hall–Kier alpha value is -2.74. The second-order valence-electron chi connectivity index (χ2n) is 5.94. The van der Waals surface area contributed by atoms with Crippen LogP contribution < -0.4 is 14.8 Å². The summed E-state index contributed by atoms with van der Waals surface area (Å²) in [7, 11) is -2.39. The van der Waals surface area contributed by atoms with Crippen molar-refractivity contribution in [3.8, 4) is 5.75 Å². The number of carbonyl (C=O) groups is 1. The molecular formula is C20H16Cl2N2O4S. The number of sulfonamides is 1. The van der Waals surface area contributed by atoms with E-state index in [1.54, 1.807) is 42.5 Å². The van der Waals surface area contributed by atoms with Gasteiger partial charge >= 0.3 is 0 Å². The Morgan fingerprint density at radius 3 is 2.34 bits per heavy atom. The van der Waals surface area contributed by atoms with Gasteiger partial charge in [-0.05, 0) is 60.7 Å². The van der Waals surface area contributed by atoms with E-state index in [2.05, 4.69) is 10.0 Å². The van der Waals surface area contributed by atoms with E-state index in [1.807, 2.05) is 0 Å². The molecule has 0 atom stereocenters. The van der Waals surface area contributed by atoms with Crippen molar-refractivity contribution in [3.05, 3.63) is 82.3 Å². The highest BCUT2D eigenvalue weighted by Crippen LogP contribution is 2.27. The summed E-state index contributed by atoms with van der Waals surface area (Å²) >= 11 is 12.0. The van der Waals surface area contributed by atoms with Crippen LogP contribution in [0.3, 0.4) is 0 Å². The molecule has 6 nitrogen and oxygen atoms in total. The molecule has 29 heavy (non-hydrogen) atoms. The van der Waals surface area contributed by atoms with Gasteiger partial charge < -0.3 is 10.1 Å². The highest BCUT2D eigenvalue weighted by Gasteiger charge is 2.17. The van der Waals surface area contributed by atoms with Crippen molar-refractivity contribution in [1.82, 2.24) is 0 Å². The van der Waals surface area contributed by atoms with Crippen molar-refractivity contribution >= 4 is 50.5 Å². The Morgan fingerprint density at radius 1 is 0.966 bits per heavy atom. The summed E-state index contributed by atoms with van der Waals surface area (Å²) in [6.45, 7) is 0. The van der Waals surface area contributed by atoms with E-state index in [9.17, 15) is 13.2 Å². The largest absolute Gasteiger partial charge is 0.497 e. The van der Waals surface area contributed by atoms with Gasteiger partial charge in [-0.25, -0.2) is 8.42 Å². The number of hydrogen-bond acceptors (Lipinski definition) is 4. The smallest absolute Gasteiger partial charge is 0.261 e. The molecule has 0 saturated heterocycles. The fraction of sp³-hybridized carbons (Fsp3) is 0.0500. The predicted octanol–water partition coefficient (Wildman–Crippen LogP) is 5.06. The maximum absolute atomic E-state index is 12.7. The molecule has 0 spiro atoms. The molecule has 0 saturated carbocycles. The zero-order chi connectivity index (χ0) is 21.0. The van der Waals surface area contributed by atoms with Gasteiger partial charge in [0.25, 0.3) is 15.9 Å². The number of benzene rings is 3. The van der Waals surface area contributed by atoms with Crippen molar-refractivity contribution in [2.45, 2.75) is 4.90 Å². The third-order valence-electron chi connectivity index (χ3n) is 3.93. The van der Waals surface area contributed by atoms with Crippen molar-refractivity contribution < 1.29 is 17.9 Å². The summed E-state index contributed by atoms with van der Waals surface area (Å²) in [5.74, 6) is 0.173. The van der Waals surface area contributed by atoms with Gasteiger partial charge in [-0.3, -0.25) is 9.52 Å². The topological polar surface area (TPSA) is 84.5 Å². The lowest BCUT2D eigenvalue weighted by atomic mass is 10.2. The average Bonchev–Trinajstić information content (AvgIpc) is 2.69. The Bertz CT molecular complexity index is 1150. The van der Waals surface area contributed by atoms with Crippen LogP contribution in [0.1, 0.15) is 10.4 Å². The summed E-state index contributed by atoms with van der Waals surface area (Å²) in [6, 6.07) is 16.8. The fourth-order valence-electron chi connectivity index (χ4n) is 2.47. The zero-order valence-corrected chi connectivity index (χ0v) is 17.5. The van der Waals surface area contributed by atoms with Crippen LogP contribution in [0, 0.1) is 0 Å². The quantitative estimate of drug-likeness (QED) is 0.549. The van der Waals surface area contributed by atoms with Crippen LogP contribution in [0.5, 0.6) is 5.75 Å². The number of ether oxygens (including phenoxy) is 1. The monoisotopic (exact) mass is 450 g/mol. The Kier molecular flexibility index (Phi) is 6.32. The van der Waals surface area contributed by atoms with E-state index < -0.39 is 15.9 Å². The van der Waals surface area contributed by atoms with Crippen LogP contribution in [0.2, 0.25) is 10.0 Å². The summed E-state index contributed by atoms with van der Waals surface area (Å²) in [6.07, 6.45) is 0. The first-order valence-corrected chi connectivity index (χ1v) is 10.6. The van der Waals surface area contributed by atoms with Crippen molar-refractivity contribution in [2.24, 2.45) is 0 Å². The van der Waals surface area contributed by atoms with E-state index in [0.29, 0.717) is 22.0 Å². The number of hydrogen-bond donors (Lipinski definition) is 2. The number of anilines is 2. The van der Waals surface area contributed by atoms with Crippen LogP contribution in [0.4, 0.5) is 11.4 Å². The summed E-state index contributed by atoms with van der Waals surface area (Å²) < 4.78 is 32.9. The van der Waals surface area contributed by atoms with Crippen LogP contribution in [0.25, 0.3) is 0 Å². The Labute approximate surface area is 178 Å². The average molecular weight is 451 g/mol. The lowest BCUT2D eigenvalue weighted by Crippen LogP contribution is -2.15. The summed E-state index contributed by atoms with van der Waals surface area (Å²) in [5, 5.41) is 3.22. The number of halogens is 2. The van der Waals surface area contributed by atoms with Gasteiger partial charge in [0.2, 0.25) is 0 Å². The second-order valence-corrected chi connectivity index (χ2v) is 8.47. The third kappa shape index (κ3) is 5.20. The first-order chi connectivity index (χ1) is 13.8. The van der Waals surface area contributed by atoms with Gasteiger partial charge in [0.1, 0.15) is 5.75 Å². The SMILES string of the molecule is COc1ccc(C(=O)Nc2cc(S(=O)(=O)Nc3cccc(Cl)c3)ccc2Cl)cc1. The molecule has 0 radical (unpaired) electrons. The van der Waals surface area contributed by atoms with Gasteiger partial charge in [-0.2, -0.15) is 0 Å². The van der Waals surface area contributed by atoms with Crippen LogP contribution >= 0.6 is 23.2 Å². The molecule has 0 unspecified atom stereocenters. The van der Waals surface area contributed by atoms with E-state index in [-0.39, 0.29) is 15.6 Å². The van der Waals surface area contributed by atoms with Crippen molar-refractivity contribution in [1.29, 1.82) is 0 Å². The number of rotatable bonds is 6. The highest BCUT2D eigenvalue weighted by molar-refractivity contribution is 7.92. The number of nitrogens with one attached hydrogen (secondary N) is 2. The predicted molar refractivity (Wildman–Crippen MR) is 115 cm³/mol. The molecule has 3 aromatic carbocycles. The number of amides is 1. The maximum atomic E-state index is 12.7. The van der Waals surface area contributed by atoms with E-state index >= 15 is 0 Å². The van der Waals surface area contributed by atoms with E-state index in [4.69, 9.17) is 27.9 Å². The molecule has 3 aromatic rings. The number of methoxy groups -OCH3 is 1. The van der Waals surface area contributed by atoms with E-state index in [1.165, 1.54) is 31.4 Å². The van der Waals surface area contributed by atoms with E-state index in [0.717, 1.165) is 0 Å². The van der Waals surface area contributed by atoms with Gasteiger partial charge in [-0.1, -0.05) is 29.3 Å². The zero-order valence-electron chi connectivity index (χ0n) is 15.1. The van der Waals surface area contributed by atoms with Gasteiger partial charge in [-0.15, -0.1) is 0 Å². The second kappa shape index (κ2) is 8.73. The van der Waals surface area contributed by atoms with Crippen LogP contribution in [-0.2, 0) is 10.0 Å². The molecule has 0 fully saturated rings. The Balaban J connectivity index is 1.84. The fourth-order valence-corrected chi connectivity index (χ4v) is 3.90. The Morgan fingerprint density at radius 2 is 1.69 bits per heavy atom. The summed E-state index contributed by atoms with van der Waals surface area (Å²) in [5.41, 5.74) is 0.852. The molecule has 0 aliphatic carbocycles. The molecule has 0 bridgehead atoms. The molecule has 0 aliphatic rings. The third-order valence-corrected chi connectivity index (χ3v) is 5.87. The molecule has 2 N–H and O–H groups in total. The van der Waals surface area contributed by atoms with Gasteiger partial charge in [0, 0.05) is 10.6 Å². The maximum Gasteiger partial charge on any atom is 0.261 e. The minimum Gasteiger partial charge on any atom is -0.497 e. The first kappa shape index (κ1) is 21.0. The summed E-state index contributed by atoms with van der Waals surface area (Å²) in [4.78, 5) is 12.4.